The van der Waals surface area contributed by atoms with E-state index in [4.69, 9.17) is 0 Å². The van der Waals surface area contributed by atoms with Crippen LogP contribution in [0.1, 0.15) is 52.9 Å². The van der Waals surface area contributed by atoms with Gasteiger partial charge in [0.05, 0.1) is 29.2 Å². The summed E-state index contributed by atoms with van der Waals surface area (Å²) >= 11 is 1.61. The summed E-state index contributed by atoms with van der Waals surface area (Å²) in [5.74, 6) is -1.27. The van der Waals surface area contributed by atoms with Crippen LogP contribution in [-0.2, 0) is 14.4 Å². The first-order chi connectivity index (χ1) is 16.4. The number of carbonyl (C=O) groups is 3. The Morgan fingerprint density at radius 2 is 1.74 bits per heavy atom. The van der Waals surface area contributed by atoms with Crippen LogP contribution in [0.25, 0.3) is 0 Å². The Kier molecular flexibility index (Phi) is 7.77. The summed E-state index contributed by atoms with van der Waals surface area (Å²) in [6, 6.07) is -1.13. The third kappa shape index (κ3) is 4.00. The standard InChI is InChI=1S/C26H39N3O4S/c1-4-7-8-14-28-16-10-12-26-21(24(32)29(18(6-3)17-30)22(26)25(28)33)20-19(34-26)11-9-15-27(13-5-2)23(20)31/h9-12,18-22,30H,4-8,13-17H2,1-3H3/t18-,19-,20+,21-,22?,26-/m0/s1. The quantitative estimate of drug-likeness (QED) is 0.398. The van der Waals surface area contributed by atoms with Gasteiger partial charge in [-0.05, 0) is 19.3 Å². The van der Waals surface area contributed by atoms with Gasteiger partial charge in [0.15, 0.2) is 0 Å². The third-order valence-electron chi connectivity index (χ3n) is 7.86. The molecule has 3 amide bonds. The Balaban J connectivity index is 1.78. The van der Waals surface area contributed by atoms with Crippen LogP contribution in [0, 0.1) is 11.8 Å². The Bertz CT molecular complexity index is 857. The van der Waals surface area contributed by atoms with Gasteiger partial charge in [0.2, 0.25) is 17.7 Å². The SMILES string of the molecule is CCCCCN1CC=C[C@]23S[C@H]4C=CCN(CCC)C(=O)[C@H]4[C@H]2C(=O)N([C@@H](CC)CO)C3C1=O. The molecular weight excluding hydrogens is 450 g/mol. The highest BCUT2D eigenvalue weighted by Gasteiger charge is 2.71. The van der Waals surface area contributed by atoms with Crippen molar-refractivity contribution in [3.63, 3.8) is 0 Å². The van der Waals surface area contributed by atoms with E-state index >= 15 is 0 Å². The van der Waals surface area contributed by atoms with Crippen molar-refractivity contribution in [2.75, 3.05) is 32.8 Å². The zero-order valence-electron chi connectivity index (χ0n) is 20.7. The fraction of sp³-hybridized carbons (Fsp3) is 0.731. The predicted octanol–water partition coefficient (Wildman–Crippen LogP) is 2.45. The molecule has 4 heterocycles. The van der Waals surface area contributed by atoms with Gasteiger partial charge in [0.25, 0.3) is 0 Å². The molecule has 4 aliphatic rings. The molecule has 0 bridgehead atoms. The number of unbranched alkanes of at least 4 members (excludes halogenated alkanes) is 2. The molecule has 1 unspecified atom stereocenters. The molecule has 0 aromatic rings. The molecule has 2 saturated heterocycles. The maximum Gasteiger partial charge on any atom is 0.247 e. The smallest absolute Gasteiger partial charge is 0.247 e. The van der Waals surface area contributed by atoms with E-state index in [1.165, 1.54) is 0 Å². The number of fused-ring (bicyclic) bond motifs is 2. The van der Waals surface area contributed by atoms with E-state index in [9.17, 15) is 19.5 Å². The number of hydrogen-bond donors (Lipinski definition) is 1. The summed E-state index contributed by atoms with van der Waals surface area (Å²) in [6.45, 7) is 8.34. The number of rotatable bonds is 9. The summed E-state index contributed by atoms with van der Waals surface area (Å²) in [5, 5.41) is 10.0. The number of likely N-dealkylation sites (tertiary alicyclic amines) is 1. The number of carbonyl (C=O) groups excluding carboxylic acids is 3. The second-order valence-electron chi connectivity index (χ2n) is 9.94. The maximum atomic E-state index is 14.1. The van der Waals surface area contributed by atoms with E-state index in [2.05, 4.69) is 26.0 Å². The molecule has 0 aromatic carbocycles. The van der Waals surface area contributed by atoms with Crippen LogP contribution >= 0.6 is 11.8 Å². The normalized spacial score (nSPS) is 33.6. The molecule has 8 heteroatoms. The van der Waals surface area contributed by atoms with Crippen molar-refractivity contribution in [1.29, 1.82) is 0 Å². The number of hydrogen-bond acceptors (Lipinski definition) is 5. The van der Waals surface area contributed by atoms with Gasteiger partial charge in [-0.1, -0.05) is 57.9 Å². The largest absolute Gasteiger partial charge is 0.394 e. The molecule has 4 rings (SSSR count). The molecule has 0 radical (unpaired) electrons. The first-order valence-corrected chi connectivity index (χ1v) is 13.9. The monoisotopic (exact) mass is 489 g/mol. The Labute approximate surface area is 207 Å². The van der Waals surface area contributed by atoms with Gasteiger partial charge >= 0.3 is 0 Å². The number of thioether (sulfide) groups is 1. The molecule has 0 saturated carbocycles. The van der Waals surface area contributed by atoms with Crippen molar-refractivity contribution < 1.29 is 19.5 Å². The molecule has 7 nitrogen and oxygen atoms in total. The van der Waals surface area contributed by atoms with Gasteiger partial charge in [0.1, 0.15) is 6.04 Å². The zero-order chi connectivity index (χ0) is 24.5. The van der Waals surface area contributed by atoms with E-state index in [1.807, 2.05) is 28.9 Å². The van der Waals surface area contributed by atoms with Gasteiger partial charge in [-0.2, -0.15) is 0 Å². The highest BCUT2D eigenvalue weighted by molar-refractivity contribution is 8.02. The summed E-state index contributed by atoms with van der Waals surface area (Å²) < 4.78 is -0.791. The summed E-state index contributed by atoms with van der Waals surface area (Å²) in [4.78, 5) is 47.3. The second-order valence-corrected chi connectivity index (χ2v) is 11.4. The first-order valence-electron chi connectivity index (χ1n) is 13.0. The Hall–Kier alpha value is -1.80. The van der Waals surface area contributed by atoms with E-state index in [1.54, 1.807) is 16.7 Å². The number of nitrogens with zero attached hydrogens (tertiary/aromatic N) is 3. The fourth-order valence-electron chi connectivity index (χ4n) is 6.21. The van der Waals surface area contributed by atoms with Crippen LogP contribution in [0.15, 0.2) is 24.3 Å². The van der Waals surface area contributed by atoms with Crippen molar-refractivity contribution in [2.24, 2.45) is 11.8 Å². The van der Waals surface area contributed by atoms with Crippen molar-refractivity contribution >= 4 is 29.5 Å². The molecule has 6 atom stereocenters. The molecule has 1 spiro atoms. The number of aliphatic hydroxyl groups excluding tert-OH is 1. The fourth-order valence-corrected chi connectivity index (χ4v) is 8.20. The molecule has 1 N–H and O–H groups in total. The van der Waals surface area contributed by atoms with Gasteiger partial charge in [-0.25, -0.2) is 0 Å². The molecular formula is C26H39N3O4S. The second kappa shape index (κ2) is 10.4. The topological polar surface area (TPSA) is 81.2 Å². The van der Waals surface area contributed by atoms with Gasteiger partial charge in [0, 0.05) is 31.4 Å². The minimum Gasteiger partial charge on any atom is -0.394 e. The van der Waals surface area contributed by atoms with Gasteiger partial charge in [-0.15, -0.1) is 11.8 Å². The third-order valence-corrected chi connectivity index (χ3v) is 9.61. The minimum absolute atomic E-state index is 0.0159. The van der Waals surface area contributed by atoms with Crippen molar-refractivity contribution in [3.8, 4) is 0 Å². The van der Waals surface area contributed by atoms with Gasteiger partial charge < -0.3 is 19.8 Å². The van der Waals surface area contributed by atoms with Crippen LogP contribution in [0.4, 0.5) is 0 Å². The lowest BCUT2D eigenvalue weighted by molar-refractivity contribution is -0.146. The average molecular weight is 490 g/mol. The van der Waals surface area contributed by atoms with Crippen LogP contribution in [-0.4, -0.2) is 92.4 Å². The van der Waals surface area contributed by atoms with Crippen LogP contribution in [0.5, 0.6) is 0 Å². The van der Waals surface area contributed by atoms with Crippen molar-refractivity contribution in [2.45, 2.75) is 75.0 Å². The van der Waals surface area contributed by atoms with E-state index in [-0.39, 0.29) is 29.6 Å². The average Bonchev–Trinajstić information content (AvgIpc) is 3.15. The van der Waals surface area contributed by atoms with Crippen LogP contribution in [0.2, 0.25) is 0 Å². The zero-order valence-corrected chi connectivity index (χ0v) is 21.5. The van der Waals surface area contributed by atoms with Crippen molar-refractivity contribution in [3.05, 3.63) is 24.3 Å². The lowest BCUT2D eigenvalue weighted by atomic mass is 9.78. The molecule has 2 fully saturated rings. The Morgan fingerprint density at radius 1 is 1.00 bits per heavy atom. The van der Waals surface area contributed by atoms with E-state index in [0.717, 1.165) is 25.7 Å². The summed E-state index contributed by atoms with van der Waals surface area (Å²) in [5.41, 5.74) is 0. The lowest BCUT2D eigenvalue weighted by Crippen LogP contribution is -2.56. The predicted molar refractivity (Wildman–Crippen MR) is 134 cm³/mol. The molecule has 34 heavy (non-hydrogen) atoms. The van der Waals surface area contributed by atoms with E-state index in [0.29, 0.717) is 32.6 Å². The molecule has 0 aliphatic carbocycles. The minimum atomic E-state index is -0.791. The van der Waals surface area contributed by atoms with Gasteiger partial charge in [-0.3, -0.25) is 14.4 Å². The van der Waals surface area contributed by atoms with Crippen molar-refractivity contribution in [1.82, 2.24) is 14.7 Å². The highest BCUT2D eigenvalue weighted by Crippen LogP contribution is 2.61. The summed E-state index contributed by atoms with van der Waals surface area (Å²) in [6.07, 6.45) is 12.7. The molecule has 4 aliphatic heterocycles. The Morgan fingerprint density at radius 3 is 2.41 bits per heavy atom. The van der Waals surface area contributed by atoms with Crippen LogP contribution < -0.4 is 0 Å². The van der Waals surface area contributed by atoms with E-state index < -0.39 is 28.7 Å². The number of amides is 3. The first kappa shape index (κ1) is 25.3. The summed E-state index contributed by atoms with van der Waals surface area (Å²) in [7, 11) is 0. The maximum absolute atomic E-state index is 14.1. The molecule has 0 aromatic heterocycles. The lowest BCUT2D eigenvalue weighted by Gasteiger charge is -2.38. The highest BCUT2D eigenvalue weighted by atomic mass is 32.2. The van der Waals surface area contributed by atoms with Crippen LogP contribution in [0.3, 0.4) is 0 Å². The number of aliphatic hydroxyl groups is 1. The molecule has 188 valence electrons.